The smallest absolute Gasteiger partial charge is 0.226 e. The van der Waals surface area contributed by atoms with Gasteiger partial charge in [-0.3, -0.25) is 0 Å². The summed E-state index contributed by atoms with van der Waals surface area (Å²) in [5, 5.41) is 8.79. The number of nitriles is 1. The van der Waals surface area contributed by atoms with Crippen LogP contribution < -0.4 is 10.6 Å². The number of rotatable bonds is 3. The maximum absolute atomic E-state index is 8.79. The van der Waals surface area contributed by atoms with Crippen molar-refractivity contribution in [3.05, 3.63) is 47.8 Å². The van der Waals surface area contributed by atoms with Gasteiger partial charge in [0.1, 0.15) is 11.8 Å². The third-order valence-electron chi connectivity index (χ3n) is 2.50. The predicted octanol–water partition coefficient (Wildman–Crippen LogP) is 1.57. The van der Waals surface area contributed by atoms with Crippen LogP contribution >= 0.6 is 0 Å². The van der Waals surface area contributed by atoms with Gasteiger partial charge in [-0.25, -0.2) is 9.97 Å². The molecule has 2 rings (SSSR count). The fourth-order valence-corrected chi connectivity index (χ4v) is 1.56. The summed E-state index contributed by atoms with van der Waals surface area (Å²) in [6.07, 6.45) is 1.58. The topological polar surface area (TPSA) is 78.8 Å². The first-order valence-electron chi connectivity index (χ1n) is 5.48. The average molecular weight is 239 g/mol. The van der Waals surface area contributed by atoms with Gasteiger partial charge in [-0.15, -0.1) is 0 Å². The van der Waals surface area contributed by atoms with E-state index in [2.05, 4.69) is 9.97 Å². The highest BCUT2D eigenvalue weighted by Crippen LogP contribution is 2.11. The van der Waals surface area contributed by atoms with Crippen LogP contribution in [0.15, 0.2) is 36.5 Å². The second-order valence-corrected chi connectivity index (χ2v) is 3.95. The van der Waals surface area contributed by atoms with Gasteiger partial charge in [-0.2, -0.15) is 5.26 Å². The monoisotopic (exact) mass is 239 g/mol. The van der Waals surface area contributed by atoms with Crippen LogP contribution in [0.3, 0.4) is 0 Å². The number of hydrogen-bond donors (Lipinski definition) is 1. The summed E-state index contributed by atoms with van der Waals surface area (Å²) in [6.45, 7) is 0.662. The number of hydrogen-bond acceptors (Lipinski definition) is 5. The Morgan fingerprint density at radius 2 is 2.00 bits per heavy atom. The van der Waals surface area contributed by atoms with Gasteiger partial charge in [0.15, 0.2) is 0 Å². The summed E-state index contributed by atoms with van der Waals surface area (Å²) >= 11 is 0. The van der Waals surface area contributed by atoms with Crippen LogP contribution in [-0.4, -0.2) is 17.0 Å². The maximum Gasteiger partial charge on any atom is 0.226 e. The normalized spacial score (nSPS) is 9.78. The number of benzene rings is 1. The number of nitrogens with zero attached hydrogens (tertiary/aromatic N) is 4. The van der Waals surface area contributed by atoms with Gasteiger partial charge in [0.05, 0.1) is 0 Å². The predicted molar refractivity (Wildman–Crippen MR) is 69.7 cm³/mol. The zero-order valence-electron chi connectivity index (χ0n) is 10.0. The summed E-state index contributed by atoms with van der Waals surface area (Å²) in [7, 11) is 1.88. The van der Waals surface area contributed by atoms with Crippen LogP contribution in [0.25, 0.3) is 0 Å². The Balaban J connectivity index is 2.14. The van der Waals surface area contributed by atoms with Crippen LogP contribution in [0.4, 0.5) is 11.6 Å². The molecule has 0 atom stereocenters. The second-order valence-electron chi connectivity index (χ2n) is 3.95. The van der Waals surface area contributed by atoms with E-state index in [1.54, 1.807) is 12.3 Å². The van der Waals surface area contributed by atoms with E-state index in [0.29, 0.717) is 18.2 Å². The molecule has 2 N–H and O–H groups in total. The molecular formula is C13H13N5. The van der Waals surface area contributed by atoms with Crippen LogP contribution in [0, 0.1) is 11.3 Å². The molecule has 0 saturated carbocycles. The Labute approximate surface area is 106 Å². The average Bonchev–Trinajstić information content (AvgIpc) is 2.41. The molecule has 0 fully saturated rings. The van der Waals surface area contributed by atoms with Crippen LogP contribution in [0.2, 0.25) is 0 Å². The Morgan fingerprint density at radius 3 is 2.67 bits per heavy atom. The zero-order valence-corrected chi connectivity index (χ0v) is 10.0. The molecule has 0 radical (unpaired) electrons. The van der Waals surface area contributed by atoms with E-state index in [1.807, 2.05) is 42.3 Å². The van der Waals surface area contributed by atoms with E-state index in [4.69, 9.17) is 11.0 Å². The van der Waals surface area contributed by atoms with E-state index < -0.39 is 0 Å². The molecule has 1 heterocycles. The van der Waals surface area contributed by atoms with Crippen molar-refractivity contribution in [3.63, 3.8) is 0 Å². The van der Waals surface area contributed by atoms with Crippen LogP contribution in [0.1, 0.15) is 11.3 Å². The van der Waals surface area contributed by atoms with Crippen LogP contribution in [0.5, 0.6) is 0 Å². The lowest BCUT2D eigenvalue weighted by Gasteiger charge is -2.16. The first-order chi connectivity index (χ1) is 8.69. The molecule has 90 valence electrons. The molecular weight excluding hydrogens is 226 g/mol. The number of aromatic nitrogens is 2. The van der Waals surface area contributed by atoms with Gasteiger partial charge in [-0.05, 0) is 23.8 Å². The zero-order chi connectivity index (χ0) is 13.0. The largest absolute Gasteiger partial charge is 0.399 e. The molecule has 0 aliphatic heterocycles. The molecule has 0 amide bonds. The Morgan fingerprint density at radius 1 is 1.28 bits per heavy atom. The van der Waals surface area contributed by atoms with Crippen molar-refractivity contribution < 1.29 is 0 Å². The summed E-state index contributed by atoms with van der Waals surface area (Å²) in [6, 6.07) is 11.2. The van der Waals surface area contributed by atoms with E-state index in [-0.39, 0.29) is 0 Å². The van der Waals surface area contributed by atoms with E-state index >= 15 is 0 Å². The summed E-state index contributed by atoms with van der Waals surface area (Å²) in [5.41, 5.74) is 7.85. The Hall–Kier alpha value is -2.61. The third kappa shape index (κ3) is 2.74. The SMILES string of the molecule is CN(Cc1ccc(N)cc1)c1nccc(C#N)n1. The highest BCUT2D eigenvalue weighted by Gasteiger charge is 2.05. The van der Waals surface area contributed by atoms with Gasteiger partial charge in [-0.1, -0.05) is 12.1 Å². The highest BCUT2D eigenvalue weighted by molar-refractivity contribution is 5.41. The van der Waals surface area contributed by atoms with E-state index in [1.165, 1.54) is 0 Å². The molecule has 0 bridgehead atoms. The minimum absolute atomic E-state index is 0.365. The minimum atomic E-state index is 0.365. The van der Waals surface area contributed by atoms with Crippen molar-refractivity contribution in [2.45, 2.75) is 6.54 Å². The van der Waals surface area contributed by atoms with Gasteiger partial charge >= 0.3 is 0 Å². The minimum Gasteiger partial charge on any atom is -0.399 e. The van der Waals surface area contributed by atoms with E-state index in [0.717, 1.165) is 11.3 Å². The molecule has 0 aliphatic carbocycles. The van der Waals surface area contributed by atoms with Gasteiger partial charge in [0, 0.05) is 25.5 Å². The number of nitrogens with two attached hydrogens (primary N) is 1. The lowest BCUT2D eigenvalue weighted by molar-refractivity contribution is 0.864. The van der Waals surface area contributed by atoms with Gasteiger partial charge < -0.3 is 10.6 Å². The molecule has 0 unspecified atom stereocenters. The van der Waals surface area contributed by atoms with Crippen LogP contribution in [-0.2, 0) is 6.54 Å². The van der Waals surface area contributed by atoms with Crippen molar-refractivity contribution in [1.29, 1.82) is 5.26 Å². The quantitative estimate of drug-likeness (QED) is 0.822. The van der Waals surface area contributed by atoms with E-state index in [9.17, 15) is 0 Å². The number of nitrogen functional groups attached to an aromatic ring is 1. The molecule has 1 aromatic carbocycles. The Bertz CT molecular complexity index is 571. The van der Waals surface area contributed by atoms with Crippen molar-refractivity contribution in [2.24, 2.45) is 0 Å². The molecule has 18 heavy (non-hydrogen) atoms. The summed E-state index contributed by atoms with van der Waals surface area (Å²) < 4.78 is 0. The third-order valence-corrected chi connectivity index (χ3v) is 2.50. The maximum atomic E-state index is 8.79. The first-order valence-corrected chi connectivity index (χ1v) is 5.48. The molecule has 5 heteroatoms. The molecule has 2 aromatic rings. The molecule has 0 spiro atoms. The fraction of sp³-hybridized carbons (Fsp3) is 0.154. The van der Waals surface area contributed by atoms with Crippen molar-refractivity contribution >= 4 is 11.6 Å². The fourth-order valence-electron chi connectivity index (χ4n) is 1.56. The summed E-state index contributed by atoms with van der Waals surface area (Å²) in [5.74, 6) is 0.533. The second kappa shape index (κ2) is 5.15. The first kappa shape index (κ1) is 11.9. The number of anilines is 2. The Kier molecular flexibility index (Phi) is 3.39. The van der Waals surface area contributed by atoms with Gasteiger partial charge in [0.2, 0.25) is 5.95 Å². The van der Waals surface area contributed by atoms with Crippen molar-refractivity contribution in [3.8, 4) is 6.07 Å². The van der Waals surface area contributed by atoms with Gasteiger partial charge in [0.25, 0.3) is 0 Å². The molecule has 0 aliphatic rings. The molecule has 0 saturated heterocycles. The van der Waals surface area contributed by atoms with Crippen molar-refractivity contribution in [2.75, 3.05) is 17.7 Å². The summed E-state index contributed by atoms with van der Waals surface area (Å²) in [4.78, 5) is 10.2. The lowest BCUT2D eigenvalue weighted by atomic mass is 10.2. The standard InChI is InChI=1S/C13H13N5/c1-18(9-10-2-4-11(15)5-3-10)13-16-7-6-12(8-14)17-13/h2-7H,9,15H2,1H3. The lowest BCUT2D eigenvalue weighted by Crippen LogP contribution is -2.19. The highest BCUT2D eigenvalue weighted by atomic mass is 15.2. The molecule has 1 aromatic heterocycles. The molecule has 5 nitrogen and oxygen atoms in total. The van der Waals surface area contributed by atoms with Crippen molar-refractivity contribution in [1.82, 2.24) is 9.97 Å².